The van der Waals surface area contributed by atoms with E-state index in [4.69, 9.17) is 22.1 Å². The standard InChI is InChI=1S/C12H14ClFN2O2/c13-9-2-1-8(5-10(9)14)6-16-3-4-18-7-11(16)12(15)17/h1-2,5,11H,3-4,6-7H2,(H2,15,17)/t11-/m1/s1. The number of carbonyl (C=O) groups is 1. The Morgan fingerprint density at radius 2 is 2.39 bits per heavy atom. The maximum atomic E-state index is 13.3. The van der Waals surface area contributed by atoms with Gasteiger partial charge in [0.05, 0.1) is 18.2 Å². The maximum absolute atomic E-state index is 13.3. The van der Waals surface area contributed by atoms with Gasteiger partial charge in [0.25, 0.3) is 0 Å². The summed E-state index contributed by atoms with van der Waals surface area (Å²) >= 11 is 5.62. The Hall–Kier alpha value is -1.17. The van der Waals surface area contributed by atoms with Gasteiger partial charge in [-0.1, -0.05) is 17.7 Å². The van der Waals surface area contributed by atoms with Gasteiger partial charge in [-0.15, -0.1) is 0 Å². The highest BCUT2D eigenvalue weighted by atomic mass is 35.5. The number of nitrogens with zero attached hydrogens (tertiary/aromatic N) is 1. The minimum Gasteiger partial charge on any atom is -0.378 e. The molecule has 1 amide bonds. The fourth-order valence-electron chi connectivity index (χ4n) is 1.96. The number of carbonyl (C=O) groups excluding carboxylic acids is 1. The second-order valence-electron chi connectivity index (χ2n) is 4.21. The molecule has 2 rings (SSSR count). The average molecular weight is 273 g/mol. The summed E-state index contributed by atoms with van der Waals surface area (Å²) in [5, 5.41) is 0.0900. The molecule has 6 heteroatoms. The average Bonchev–Trinajstić information content (AvgIpc) is 2.34. The van der Waals surface area contributed by atoms with E-state index in [1.54, 1.807) is 6.07 Å². The van der Waals surface area contributed by atoms with E-state index in [0.717, 1.165) is 5.56 Å². The fraction of sp³-hybridized carbons (Fsp3) is 0.417. The van der Waals surface area contributed by atoms with Crippen molar-refractivity contribution in [2.24, 2.45) is 5.73 Å². The van der Waals surface area contributed by atoms with Gasteiger partial charge in [-0.05, 0) is 17.7 Å². The Balaban J connectivity index is 2.10. The number of amides is 1. The second kappa shape index (κ2) is 5.65. The van der Waals surface area contributed by atoms with E-state index in [2.05, 4.69) is 0 Å². The van der Waals surface area contributed by atoms with Crippen LogP contribution in [0.5, 0.6) is 0 Å². The molecule has 0 unspecified atom stereocenters. The highest BCUT2D eigenvalue weighted by Gasteiger charge is 2.27. The number of nitrogens with two attached hydrogens (primary N) is 1. The van der Waals surface area contributed by atoms with Gasteiger partial charge in [-0.2, -0.15) is 0 Å². The predicted octanol–water partition coefficient (Wildman–Crippen LogP) is 1.17. The highest BCUT2D eigenvalue weighted by Crippen LogP contribution is 2.18. The molecule has 0 saturated carbocycles. The summed E-state index contributed by atoms with van der Waals surface area (Å²) in [6.07, 6.45) is 0. The van der Waals surface area contributed by atoms with Crippen LogP contribution in [0.25, 0.3) is 0 Å². The Kier molecular flexibility index (Phi) is 4.16. The lowest BCUT2D eigenvalue weighted by Gasteiger charge is -2.33. The Morgan fingerprint density at radius 3 is 3.06 bits per heavy atom. The molecule has 0 spiro atoms. The van der Waals surface area contributed by atoms with Crippen LogP contribution in [-0.4, -0.2) is 36.6 Å². The highest BCUT2D eigenvalue weighted by molar-refractivity contribution is 6.30. The summed E-state index contributed by atoms with van der Waals surface area (Å²) in [6.45, 7) is 1.87. The summed E-state index contributed by atoms with van der Waals surface area (Å²) in [6, 6.07) is 4.15. The van der Waals surface area contributed by atoms with Crippen molar-refractivity contribution in [2.75, 3.05) is 19.8 Å². The minimum absolute atomic E-state index is 0.0900. The van der Waals surface area contributed by atoms with E-state index in [0.29, 0.717) is 19.7 Å². The second-order valence-corrected chi connectivity index (χ2v) is 4.62. The first-order valence-corrected chi connectivity index (χ1v) is 6.01. The van der Waals surface area contributed by atoms with E-state index in [-0.39, 0.29) is 11.6 Å². The van der Waals surface area contributed by atoms with Gasteiger partial charge in [0.15, 0.2) is 0 Å². The van der Waals surface area contributed by atoms with Crippen LogP contribution in [-0.2, 0) is 16.1 Å². The van der Waals surface area contributed by atoms with E-state index < -0.39 is 17.8 Å². The smallest absolute Gasteiger partial charge is 0.237 e. The number of ether oxygens (including phenoxy) is 1. The molecule has 1 aromatic carbocycles. The molecule has 2 N–H and O–H groups in total. The molecule has 0 radical (unpaired) electrons. The van der Waals surface area contributed by atoms with Crippen molar-refractivity contribution >= 4 is 17.5 Å². The molecular formula is C12H14ClFN2O2. The molecule has 1 fully saturated rings. The van der Waals surface area contributed by atoms with Crippen LogP contribution in [0.4, 0.5) is 4.39 Å². The third-order valence-electron chi connectivity index (χ3n) is 2.94. The lowest BCUT2D eigenvalue weighted by Crippen LogP contribution is -2.51. The van der Waals surface area contributed by atoms with Crippen molar-refractivity contribution < 1.29 is 13.9 Å². The molecule has 98 valence electrons. The Morgan fingerprint density at radius 1 is 1.61 bits per heavy atom. The maximum Gasteiger partial charge on any atom is 0.237 e. The molecule has 1 saturated heterocycles. The van der Waals surface area contributed by atoms with Crippen LogP contribution in [0.15, 0.2) is 18.2 Å². The number of benzene rings is 1. The van der Waals surface area contributed by atoms with E-state index in [1.807, 2.05) is 4.90 Å². The summed E-state index contributed by atoms with van der Waals surface area (Å²) in [7, 11) is 0. The molecule has 0 aliphatic carbocycles. The zero-order chi connectivity index (χ0) is 13.1. The van der Waals surface area contributed by atoms with Crippen LogP contribution >= 0.6 is 11.6 Å². The van der Waals surface area contributed by atoms with Gasteiger partial charge in [-0.25, -0.2) is 4.39 Å². The first kappa shape index (κ1) is 13.3. The van der Waals surface area contributed by atoms with Crippen LogP contribution in [0.1, 0.15) is 5.56 Å². The molecule has 1 aliphatic heterocycles. The Labute approximate surface area is 109 Å². The van der Waals surface area contributed by atoms with Crippen LogP contribution in [0.3, 0.4) is 0 Å². The van der Waals surface area contributed by atoms with Crippen molar-refractivity contribution in [3.05, 3.63) is 34.6 Å². The summed E-state index contributed by atoms with van der Waals surface area (Å²) in [5.41, 5.74) is 6.06. The van der Waals surface area contributed by atoms with Crippen LogP contribution in [0.2, 0.25) is 5.02 Å². The zero-order valence-corrected chi connectivity index (χ0v) is 10.5. The first-order chi connectivity index (χ1) is 8.58. The van der Waals surface area contributed by atoms with Gasteiger partial charge >= 0.3 is 0 Å². The number of rotatable bonds is 3. The van der Waals surface area contributed by atoms with Crippen molar-refractivity contribution in [3.8, 4) is 0 Å². The van der Waals surface area contributed by atoms with Gasteiger partial charge < -0.3 is 10.5 Å². The molecule has 0 aromatic heterocycles. The Bertz CT molecular complexity index is 456. The van der Waals surface area contributed by atoms with Crippen molar-refractivity contribution in [1.82, 2.24) is 4.90 Å². The third kappa shape index (κ3) is 2.98. The molecule has 4 nitrogen and oxygen atoms in total. The topological polar surface area (TPSA) is 55.6 Å². The number of hydrogen-bond acceptors (Lipinski definition) is 3. The lowest BCUT2D eigenvalue weighted by molar-refractivity contribution is -0.129. The molecule has 1 aliphatic rings. The van der Waals surface area contributed by atoms with E-state index in [1.165, 1.54) is 12.1 Å². The summed E-state index contributed by atoms with van der Waals surface area (Å²) < 4.78 is 18.5. The number of hydrogen-bond donors (Lipinski definition) is 1. The van der Waals surface area contributed by atoms with Crippen LogP contribution < -0.4 is 5.73 Å². The lowest BCUT2D eigenvalue weighted by atomic mass is 10.1. The van der Waals surface area contributed by atoms with Crippen molar-refractivity contribution in [2.45, 2.75) is 12.6 Å². The van der Waals surface area contributed by atoms with Gasteiger partial charge in [0.1, 0.15) is 11.9 Å². The normalized spacial score (nSPS) is 20.9. The third-order valence-corrected chi connectivity index (χ3v) is 3.24. The SMILES string of the molecule is NC(=O)[C@H]1COCCN1Cc1ccc(Cl)c(F)c1. The van der Waals surface area contributed by atoms with Crippen molar-refractivity contribution in [1.29, 1.82) is 0 Å². The minimum atomic E-state index is -0.461. The van der Waals surface area contributed by atoms with Gasteiger partial charge in [0, 0.05) is 13.1 Å². The fourth-order valence-corrected chi connectivity index (χ4v) is 2.08. The quantitative estimate of drug-likeness (QED) is 0.899. The zero-order valence-electron chi connectivity index (χ0n) is 9.73. The molecule has 1 heterocycles. The number of halogens is 2. The largest absolute Gasteiger partial charge is 0.378 e. The number of primary amides is 1. The van der Waals surface area contributed by atoms with Crippen molar-refractivity contribution in [3.63, 3.8) is 0 Å². The van der Waals surface area contributed by atoms with Gasteiger partial charge in [-0.3, -0.25) is 9.69 Å². The summed E-state index contributed by atoms with van der Waals surface area (Å²) in [4.78, 5) is 13.2. The molecule has 18 heavy (non-hydrogen) atoms. The summed E-state index contributed by atoms with van der Waals surface area (Å²) in [5.74, 6) is -0.887. The first-order valence-electron chi connectivity index (χ1n) is 5.63. The molecule has 1 aromatic rings. The van der Waals surface area contributed by atoms with Gasteiger partial charge in [0.2, 0.25) is 5.91 Å². The molecular weight excluding hydrogens is 259 g/mol. The number of morpholine rings is 1. The predicted molar refractivity (Wildman–Crippen MR) is 65.6 cm³/mol. The molecule has 1 atom stereocenters. The molecule has 0 bridgehead atoms. The monoisotopic (exact) mass is 272 g/mol. The van der Waals surface area contributed by atoms with Crippen LogP contribution in [0, 0.1) is 5.82 Å². The van der Waals surface area contributed by atoms with E-state index >= 15 is 0 Å². The van der Waals surface area contributed by atoms with E-state index in [9.17, 15) is 9.18 Å².